The second-order valence-corrected chi connectivity index (χ2v) is 6.84. The summed E-state index contributed by atoms with van der Waals surface area (Å²) in [6, 6.07) is 4.38. The summed E-state index contributed by atoms with van der Waals surface area (Å²) in [5.41, 5.74) is 6.62. The summed E-state index contributed by atoms with van der Waals surface area (Å²) in [5, 5.41) is 1.37. The Balaban J connectivity index is 2.82. The highest BCUT2D eigenvalue weighted by Gasteiger charge is 2.19. The minimum atomic E-state index is 0.921. The SMILES string of the molecule is C=C(CCC)c1c(CC)n(C)c2cc(S)cc(CN(C)C)c12. The summed E-state index contributed by atoms with van der Waals surface area (Å²) in [6.45, 7) is 9.75. The molecule has 0 aliphatic carbocycles. The highest BCUT2D eigenvalue weighted by Crippen LogP contribution is 2.36. The molecule has 0 unspecified atom stereocenters. The molecule has 1 heterocycles. The summed E-state index contributed by atoms with van der Waals surface area (Å²) in [6.07, 6.45) is 3.20. The molecule has 0 aliphatic heterocycles. The minimum absolute atomic E-state index is 0.921. The maximum absolute atomic E-state index is 4.61. The van der Waals surface area contributed by atoms with Gasteiger partial charge in [-0.15, -0.1) is 12.6 Å². The number of benzene rings is 1. The maximum Gasteiger partial charge on any atom is 0.0500 e. The van der Waals surface area contributed by atoms with Crippen LogP contribution in [0.2, 0.25) is 0 Å². The van der Waals surface area contributed by atoms with Gasteiger partial charge in [-0.2, -0.15) is 0 Å². The fourth-order valence-corrected chi connectivity index (χ4v) is 3.64. The third-order valence-electron chi connectivity index (χ3n) is 4.22. The molecule has 0 saturated carbocycles. The van der Waals surface area contributed by atoms with Crippen LogP contribution in [0.5, 0.6) is 0 Å². The lowest BCUT2D eigenvalue weighted by molar-refractivity contribution is 0.404. The van der Waals surface area contributed by atoms with Crippen molar-refractivity contribution >= 4 is 29.1 Å². The van der Waals surface area contributed by atoms with E-state index in [-0.39, 0.29) is 0 Å². The number of rotatable bonds is 6. The van der Waals surface area contributed by atoms with E-state index >= 15 is 0 Å². The van der Waals surface area contributed by atoms with Gasteiger partial charge in [-0.1, -0.05) is 26.8 Å². The van der Waals surface area contributed by atoms with Crippen molar-refractivity contribution in [3.8, 4) is 0 Å². The van der Waals surface area contributed by atoms with Crippen LogP contribution in [0.3, 0.4) is 0 Å². The summed E-state index contributed by atoms with van der Waals surface area (Å²) >= 11 is 4.61. The first-order valence-electron chi connectivity index (χ1n) is 8.06. The van der Waals surface area contributed by atoms with Gasteiger partial charge >= 0.3 is 0 Å². The van der Waals surface area contributed by atoms with Crippen molar-refractivity contribution in [1.29, 1.82) is 0 Å². The van der Waals surface area contributed by atoms with Gasteiger partial charge in [0.2, 0.25) is 0 Å². The van der Waals surface area contributed by atoms with Gasteiger partial charge in [0, 0.05) is 35.1 Å². The Hall–Kier alpha value is -1.19. The zero-order valence-electron chi connectivity index (χ0n) is 14.5. The van der Waals surface area contributed by atoms with Gasteiger partial charge in [0.25, 0.3) is 0 Å². The molecular weight excluding hydrogens is 288 g/mol. The van der Waals surface area contributed by atoms with Gasteiger partial charge in [-0.05, 0) is 50.2 Å². The third-order valence-corrected chi connectivity index (χ3v) is 4.47. The molecule has 22 heavy (non-hydrogen) atoms. The molecule has 0 aliphatic rings. The Kier molecular flexibility index (Phi) is 5.41. The Bertz CT molecular complexity index is 695. The van der Waals surface area contributed by atoms with E-state index in [0.29, 0.717) is 0 Å². The maximum atomic E-state index is 4.61. The van der Waals surface area contributed by atoms with E-state index in [9.17, 15) is 0 Å². The minimum Gasteiger partial charge on any atom is -0.347 e. The summed E-state index contributed by atoms with van der Waals surface area (Å²) in [4.78, 5) is 3.24. The van der Waals surface area contributed by atoms with E-state index in [4.69, 9.17) is 0 Å². The van der Waals surface area contributed by atoms with Gasteiger partial charge < -0.3 is 9.47 Å². The van der Waals surface area contributed by atoms with Crippen molar-refractivity contribution in [2.45, 2.75) is 44.6 Å². The highest BCUT2D eigenvalue weighted by atomic mass is 32.1. The number of hydrogen-bond donors (Lipinski definition) is 1. The molecule has 1 aromatic carbocycles. The zero-order valence-corrected chi connectivity index (χ0v) is 15.4. The smallest absolute Gasteiger partial charge is 0.0500 e. The first kappa shape index (κ1) is 17.2. The molecule has 0 saturated heterocycles. The number of hydrogen-bond acceptors (Lipinski definition) is 2. The summed E-state index contributed by atoms with van der Waals surface area (Å²) < 4.78 is 2.32. The van der Waals surface area contributed by atoms with Crippen LogP contribution in [-0.2, 0) is 20.0 Å². The van der Waals surface area contributed by atoms with Crippen molar-refractivity contribution in [3.63, 3.8) is 0 Å². The molecule has 0 spiro atoms. The van der Waals surface area contributed by atoms with E-state index in [0.717, 1.165) is 30.7 Å². The molecule has 0 radical (unpaired) electrons. The van der Waals surface area contributed by atoms with Gasteiger partial charge in [-0.25, -0.2) is 0 Å². The molecule has 2 aromatic rings. The monoisotopic (exact) mass is 316 g/mol. The van der Waals surface area contributed by atoms with Crippen molar-refractivity contribution in [3.05, 3.63) is 35.5 Å². The van der Waals surface area contributed by atoms with Gasteiger partial charge in [0.05, 0.1) is 5.52 Å². The third kappa shape index (κ3) is 3.11. The average molecular weight is 317 g/mol. The number of aromatic nitrogens is 1. The number of nitrogens with zero attached hydrogens (tertiary/aromatic N) is 2. The lowest BCUT2D eigenvalue weighted by atomic mass is 9.95. The second-order valence-electron chi connectivity index (χ2n) is 6.32. The fourth-order valence-electron chi connectivity index (χ4n) is 3.37. The van der Waals surface area contributed by atoms with E-state index in [2.05, 4.69) is 75.8 Å². The molecule has 2 rings (SSSR count). The van der Waals surface area contributed by atoms with Crippen molar-refractivity contribution in [2.24, 2.45) is 7.05 Å². The zero-order chi connectivity index (χ0) is 16.4. The number of fused-ring (bicyclic) bond motifs is 1. The molecule has 3 heteroatoms. The topological polar surface area (TPSA) is 8.17 Å². The van der Waals surface area contributed by atoms with Crippen LogP contribution in [0.1, 0.15) is 43.5 Å². The van der Waals surface area contributed by atoms with E-state index in [1.165, 1.54) is 33.3 Å². The van der Waals surface area contributed by atoms with Crippen LogP contribution >= 0.6 is 12.6 Å². The summed E-state index contributed by atoms with van der Waals surface area (Å²) in [5.74, 6) is 0. The van der Waals surface area contributed by atoms with Gasteiger partial charge in [0.1, 0.15) is 0 Å². The standard InChI is InChI=1S/C19H28N2S/c1-7-9-13(3)18-16(8-2)21(6)17-11-15(22)10-14(19(17)18)12-20(4)5/h10-11,22H,3,7-9,12H2,1-2,4-6H3. The van der Waals surface area contributed by atoms with Crippen LogP contribution < -0.4 is 0 Å². The fraction of sp³-hybridized carbons (Fsp3) is 0.474. The normalized spacial score (nSPS) is 11.6. The van der Waals surface area contributed by atoms with Gasteiger partial charge in [0.15, 0.2) is 0 Å². The average Bonchev–Trinajstić information content (AvgIpc) is 2.71. The van der Waals surface area contributed by atoms with Crippen LogP contribution in [0.25, 0.3) is 16.5 Å². The van der Waals surface area contributed by atoms with Crippen molar-refractivity contribution < 1.29 is 0 Å². The second kappa shape index (κ2) is 6.93. The van der Waals surface area contributed by atoms with Crippen molar-refractivity contribution in [1.82, 2.24) is 9.47 Å². The Morgan fingerprint density at radius 1 is 1.27 bits per heavy atom. The molecule has 0 amide bonds. The Morgan fingerprint density at radius 3 is 2.50 bits per heavy atom. The molecule has 1 aromatic heterocycles. The van der Waals surface area contributed by atoms with E-state index in [1.807, 2.05) is 0 Å². The van der Waals surface area contributed by atoms with E-state index < -0.39 is 0 Å². The van der Waals surface area contributed by atoms with E-state index in [1.54, 1.807) is 0 Å². The summed E-state index contributed by atoms with van der Waals surface area (Å²) in [7, 11) is 6.39. The van der Waals surface area contributed by atoms with Crippen LogP contribution in [-0.4, -0.2) is 23.6 Å². The molecule has 120 valence electrons. The van der Waals surface area contributed by atoms with Crippen molar-refractivity contribution in [2.75, 3.05) is 14.1 Å². The molecule has 0 atom stereocenters. The number of aryl methyl sites for hydroxylation is 1. The predicted molar refractivity (Wildman–Crippen MR) is 101 cm³/mol. The molecule has 0 fully saturated rings. The molecular formula is C19H28N2S. The molecule has 0 N–H and O–H groups in total. The Morgan fingerprint density at radius 2 is 1.95 bits per heavy atom. The predicted octanol–water partition coefficient (Wildman–Crippen LogP) is 4.90. The molecule has 2 nitrogen and oxygen atoms in total. The van der Waals surface area contributed by atoms with Gasteiger partial charge in [-0.3, -0.25) is 0 Å². The largest absolute Gasteiger partial charge is 0.347 e. The van der Waals surface area contributed by atoms with Crippen LogP contribution in [0, 0.1) is 0 Å². The Labute approximate surface area is 140 Å². The lowest BCUT2D eigenvalue weighted by Crippen LogP contribution is -2.11. The highest BCUT2D eigenvalue weighted by molar-refractivity contribution is 7.80. The van der Waals surface area contributed by atoms with Crippen LogP contribution in [0.15, 0.2) is 23.6 Å². The lowest BCUT2D eigenvalue weighted by Gasteiger charge is -2.14. The quantitative estimate of drug-likeness (QED) is 0.745. The molecule has 0 bridgehead atoms. The first-order chi connectivity index (χ1) is 10.4. The number of allylic oxidation sites excluding steroid dienone is 1. The van der Waals surface area contributed by atoms with Crippen LogP contribution in [0.4, 0.5) is 0 Å². The first-order valence-corrected chi connectivity index (χ1v) is 8.51. The number of thiol groups is 1.